The molecule has 1 N–H and O–H groups in total. The second kappa shape index (κ2) is 4.79. The first kappa shape index (κ1) is 14.0. The minimum atomic E-state index is -0.461. The summed E-state index contributed by atoms with van der Waals surface area (Å²) in [5, 5.41) is 1.27. The number of hydrogen-bond donors (Lipinski definition) is 1. The number of aromatic amines is 1. The number of para-hydroxylation sites is 1. The van der Waals surface area contributed by atoms with Crippen molar-refractivity contribution in [3.05, 3.63) is 35.5 Å². The van der Waals surface area contributed by atoms with Crippen molar-refractivity contribution in [2.24, 2.45) is 0 Å². The Morgan fingerprint density at radius 2 is 2.05 bits per heavy atom. The average Bonchev–Trinajstić information content (AvgIpc) is 2.73. The number of aromatic nitrogens is 1. The first-order valence-corrected chi connectivity index (χ1v) is 7.43. The Labute approximate surface area is 125 Å². The van der Waals surface area contributed by atoms with E-state index in [0.29, 0.717) is 6.54 Å². The van der Waals surface area contributed by atoms with Gasteiger partial charge in [0.05, 0.1) is 6.54 Å². The van der Waals surface area contributed by atoms with E-state index >= 15 is 0 Å². The Bertz CT molecular complexity index is 682. The molecule has 4 nitrogen and oxygen atoms in total. The summed E-state index contributed by atoms with van der Waals surface area (Å²) < 4.78 is 5.51. The highest BCUT2D eigenvalue weighted by Gasteiger charge is 2.32. The highest BCUT2D eigenvalue weighted by molar-refractivity contribution is 5.85. The molecule has 1 unspecified atom stereocenters. The fourth-order valence-electron chi connectivity index (χ4n) is 2.92. The van der Waals surface area contributed by atoms with Gasteiger partial charge in [0.2, 0.25) is 0 Å². The SMILES string of the molecule is CC1Cc2c([nH]c3ccccc23)CN1C(=O)OC(C)(C)C. The van der Waals surface area contributed by atoms with E-state index in [1.54, 1.807) is 0 Å². The zero-order valence-electron chi connectivity index (χ0n) is 13.1. The molecule has 1 aliphatic rings. The van der Waals surface area contributed by atoms with Gasteiger partial charge in [-0.25, -0.2) is 4.79 Å². The van der Waals surface area contributed by atoms with Gasteiger partial charge < -0.3 is 9.72 Å². The molecule has 0 spiro atoms. The summed E-state index contributed by atoms with van der Waals surface area (Å²) in [7, 11) is 0. The molecule has 0 fully saturated rings. The number of ether oxygens (including phenoxy) is 1. The lowest BCUT2D eigenvalue weighted by molar-refractivity contribution is 0.0136. The number of benzene rings is 1. The van der Waals surface area contributed by atoms with Crippen LogP contribution in [0, 0.1) is 0 Å². The van der Waals surface area contributed by atoms with Crippen molar-refractivity contribution < 1.29 is 9.53 Å². The van der Waals surface area contributed by atoms with Gasteiger partial charge in [0.1, 0.15) is 5.60 Å². The van der Waals surface area contributed by atoms with E-state index in [9.17, 15) is 4.79 Å². The highest BCUT2D eigenvalue weighted by atomic mass is 16.6. The lowest BCUT2D eigenvalue weighted by Crippen LogP contribution is -2.45. The maximum absolute atomic E-state index is 12.3. The molecule has 1 amide bonds. The number of carbonyl (C=O) groups excluding carboxylic acids is 1. The number of fused-ring (bicyclic) bond motifs is 3. The van der Waals surface area contributed by atoms with Crippen LogP contribution in [-0.2, 0) is 17.7 Å². The molecule has 2 aromatic rings. The van der Waals surface area contributed by atoms with Crippen LogP contribution in [0.4, 0.5) is 4.79 Å². The van der Waals surface area contributed by atoms with Crippen LogP contribution in [0.15, 0.2) is 24.3 Å². The summed E-state index contributed by atoms with van der Waals surface area (Å²) in [5.74, 6) is 0. The maximum atomic E-state index is 12.3. The fraction of sp³-hybridized carbons (Fsp3) is 0.471. The van der Waals surface area contributed by atoms with Crippen LogP contribution in [-0.4, -0.2) is 27.6 Å². The van der Waals surface area contributed by atoms with Gasteiger partial charge in [-0.1, -0.05) is 18.2 Å². The smallest absolute Gasteiger partial charge is 0.410 e. The minimum absolute atomic E-state index is 0.145. The van der Waals surface area contributed by atoms with E-state index in [1.807, 2.05) is 31.7 Å². The normalized spacial score (nSPS) is 18.7. The summed E-state index contributed by atoms with van der Waals surface area (Å²) >= 11 is 0. The Balaban J connectivity index is 1.90. The van der Waals surface area contributed by atoms with Gasteiger partial charge in [-0.2, -0.15) is 0 Å². The fourth-order valence-corrected chi connectivity index (χ4v) is 2.92. The molecule has 0 bridgehead atoms. The third-order valence-electron chi connectivity index (χ3n) is 3.89. The molecular formula is C17H22N2O2. The third kappa shape index (κ3) is 2.62. The quantitative estimate of drug-likeness (QED) is 0.799. The molecule has 0 saturated heterocycles. The molecule has 4 heteroatoms. The minimum Gasteiger partial charge on any atom is -0.444 e. The van der Waals surface area contributed by atoms with Crippen molar-refractivity contribution in [3.63, 3.8) is 0 Å². The first-order chi connectivity index (χ1) is 9.85. The topological polar surface area (TPSA) is 45.3 Å². The van der Waals surface area contributed by atoms with Crippen LogP contribution in [0.2, 0.25) is 0 Å². The van der Waals surface area contributed by atoms with Crippen LogP contribution in [0.5, 0.6) is 0 Å². The van der Waals surface area contributed by atoms with Crippen molar-refractivity contribution in [2.75, 3.05) is 0 Å². The molecule has 112 valence electrons. The molecule has 0 aliphatic carbocycles. The molecule has 1 aliphatic heterocycles. The van der Waals surface area contributed by atoms with Gasteiger partial charge in [0, 0.05) is 22.6 Å². The van der Waals surface area contributed by atoms with Gasteiger partial charge in [-0.15, -0.1) is 0 Å². The van der Waals surface area contributed by atoms with E-state index in [-0.39, 0.29) is 12.1 Å². The Kier molecular flexibility index (Phi) is 3.19. The summed E-state index contributed by atoms with van der Waals surface area (Å²) in [6.45, 7) is 8.35. The monoisotopic (exact) mass is 286 g/mol. The molecule has 1 atom stereocenters. The Hall–Kier alpha value is -1.97. The summed E-state index contributed by atoms with van der Waals surface area (Å²) in [6, 6.07) is 8.45. The predicted octanol–water partition coefficient (Wildman–Crippen LogP) is 3.85. The molecule has 1 aromatic carbocycles. The lowest BCUT2D eigenvalue weighted by Gasteiger charge is -2.34. The molecule has 3 rings (SSSR count). The first-order valence-electron chi connectivity index (χ1n) is 7.43. The number of amides is 1. The summed E-state index contributed by atoms with van der Waals surface area (Å²) in [5.41, 5.74) is 3.14. The van der Waals surface area contributed by atoms with Crippen molar-refractivity contribution in [2.45, 2.75) is 52.3 Å². The van der Waals surface area contributed by atoms with Crippen LogP contribution in [0.1, 0.15) is 39.0 Å². The van der Waals surface area contributed by atoms with E-state index in [1.165, 1.54) is 10.9 Å². The van der Waals surface area contributed by atoms with Crippen LogP contribution in [0.3, 0.4) is 0 Å². The molecule has 21 heavy (non-hydrogen) atoms. The molecule has 2 heterocycles. The van der Waals surface area contributed by atoms with E-state index in [0.717, 1.165) is 17.6 Å². The van der Waals surface area contributed by atoms with Crippen LogP contribution < -0.4 is 0 Å². The number of rotatable bonds is 0. The third-order valence-corrected chi connectivity index (χ3v) is 3.89. The zero-order valence-corrected chi connectivity index (χ0v) is 13.1. The molecular weight excluding hydrogens is 264 g/mol. The number of carbonyl (C=O) groups is 1. The van der Waals surface area contributed by atoms with Crippen molar-refractivity contribution >= 4 is 17.0 Å². The number of H-pyrrole nitrogens is 1. The average molecular weight is 286 g/mol. The Morgan fingerprint density at radius 3 is 2.76 bits per heavy atom. The number of nitrogens with zero attached hydrogens (tertiary/aromatic N) is 1. The molecule has 0 radical (unpaired) electrons. The molecule has 0 saturated carbocycles. The van der Waals surface area contributed by atoms with Gasteiger partial charge in [-0.3, -0.25) is 4.90 Å². The van der Waals surface area contributed by atoms with Gasteiger partial charge in [-0.05, 0) is 45.7 Å². The van der Waals surface area contributed by atoms with E-state index < -0.39 is 5.60 Å². The van der Waals surface area contributed by atoms with E-state index in [2.05, 4.69) is 30.1 Å². The second-order valence-corrected chi connectivity index (χ2v) is 6.79. The largest absolute Gasteiger partial charge is 0.444 e. The van der Waals surface area contributed by atoms with Gasteiger partial charge >= 0.3 is 6.09 Å². The van der Waals surface area contributed by atoms with E-state index in [4.69, 9.17) is 4.74 Å². The van der Waals surface area contributed by atoms with Crippen LogP contribution in [0.25, 0.3) is 10.9 Å². The van der Waals surface area contributed by atoms with Crippen molar-refractivity contribution in [1.82, 2.24) is 9.88 Å². The number of nitrogens with one attached hydrogen (secondary N) is 1. The number of hydrogen-bond acceptors (Lipinski definition) is 2. The zero-order chi connectivity index (χ0) is 15.2. The summed E-state index contributed by atoms with van der Waals surface area (Å²) in [6.07, 6.45) is 0.623. The molecule has 1 aromatic heterocycles. The highest BCUT2D eigenvalue weighted by Crippen LogP contribution is 2.30. The second-order valence-electron chi connectivity index (χ2n) is 6.79. The lowest BCUT2D eigenvalue weighted by atomic mass is 9.98. The summed E-state index contributed by atoms with van der Waals surface area (Å²) in [4.78, 5) is 17.6. The standard InChI is InChI=1S/C17H22N2O2/c1-11-9-13-12-7-5-6-8-14(12)18-15(13)10-19(11)16(20)21-17(2,3)4/h5-8,11,18H,9-10H2,1-4H3. The van der Waals surface area contributed by atoms with Crippen molar-refractivity contribution in [1.29, 1.82) is 0 Å². The maximum Gasteiger partial charge on any atom is 0.410 e. The Morgan fingerprint density at radius 1 is 1.33 bits per heavy atom. The predicted molar refractivity (Wildman–Crippen MR) is 83.2 cm³/mol. The van der Waals surface area contributed by atoms with Gasteiger partial charge in [0.25, 0.3) is 0 Å². The van der Waals surface area contributed by atoms with Crippen LogP contribution >= 0.6 is 0 Å². The van der Waals surface area contributed by atoms with Gasteiger partial charge in [0.15, 0.2) is 0 Å². The van der Waals surface area contributed by atoms with Crippen molar-refractivity contribution in [3.8, 4) is 0 Å².